The Labute approximate surface area is 336 Å². The molecule has 0 radical (unpaired) electrons. The van der Waals surface area contributed by atoms with Crippen molar-refractivity contribution in [1.29, 1.82) is 0 Å². The standard InChI is InChI=1S/C43H72O12S/c1-3-5-7-9-11-13-15-16-17-18-19-20-22-24-26-28-30-32-39(45)54-36(33-52-38(44)31-29-27-25-23-21-14-12-10-8-6-4-2)34-53-43-42(48)41(47)40(46)37(55-43)35-56(49,50)51/h7,9-10,12-13,15,17-18,20,22,36-37,40-43,46-48H,3-6,8,11,14,16,19,21,23-35H2,1-2H3,(H,49,50,51)/b9-7+,12-10+,15-13+,18-17+,22-20+/t36-,37-,40-,41?,42?,43+/m1/s1. The predicted octanol–water partition coefficient (Wildman–Crippen LogP) is 7.78. The molecule has 322 valence electrons. The van der Waals surface area contributed by atoms with Gasteiger partial charge in [0.25, 0.3) is 10.1 Å². The van der Waals surface area contributed by atoms with E-state index in [1.165, 1.54) is 19.3 Å². The minimum absolute atomic E-state index is 0.122. The first-order chi connectivity index (χ1) is 27.0. The average molecular weight is 813 g/mol. The highest BCUT2D eigenvalue weighted by Gasteiger charge is 2.46. The lowest BCUT2D eigenvalue weighted by molar-refractivity contribution is -0.297. The van der Waals surface area contributed by atoms with Crippen molar-refractivity contribution < 1.29 is 56.8 Å². The Hall–Kier alpha value is -2.65. The van der Waals surface area contributed by atoms with Gasteiger partial charge in [0.1, 0.15) is 36.8 Å². The number of esters is 2. The Bertz CT molecular complexity index is 1280. The molecule has 1 heterocycles. The highest BCUT2D eigenvalue weighted by Crippen LogP contribution is 2.24. The van der Waals surface area contributed by atoms with E-state index in [2.05, 4.69) is 74.6 Å². The van der Waals surface area contributed by atoms with Crippen LogP contribution >= 0.6 is 0 Å². The molecule has 13 heteroatoms. The quantitative estimate of drug-likeness (QED) is 0.0219. The number of aliphatic hydroxyl groups is 3. The molecule has 2 unspecified atom stereocenters. The summed E-state index contributed by atoms with van der Waals surface area (Å²) in [7, 11) is -4.61. The summed E-state index contributed by atoms with van der Waals surface area (Å²) in [4.78, 5) is 25.3. The van der Waals surface area contributed by atoms with E-state index >= 15 is 0 Å². The van der Waals surface area contributed by atoms with E-state index in [1.807, 2.05) is 0 Å². The summed E-state index contributed by atoms with van der Waals surface area (Å²) >= 11 is 0. The number of unbranched alkanes of at least 4 members (excludes halogenated alkanes) is 11. The molecule has 0 aromatic carbocycles. The van der Waals surface area contributed by atoms with Gasteiger partial charge in [0, 0.05) is 12.8 Å². The maximum absolute atomic E-state index is 12.8. The number of allylic oxidation sites excluding steroid dienone is 10. The second-order valence-corrected chi connectivity index (χ2v) is 15.8. The molecule has 6 atom stereocenters. The fourth-order valence-corrected chi connectivity index (χ4v) is 6.45. The van der Waals surface area contributed by atoms with Crippen molar-refractivity contribution in [2.75, 3.05) is 19.0 Å². The van der Waals surface area contributed by atoms with Crippen molar-refractivity contribution in [2.24, 2.45) is 0 Å². The smallest absolute Gasteiger partial charge is 0.306 e. The Morgan fingerprint density at radius 1 is 0.607 bits per heavy atom. The van der Waals surface area contributed by atoms with Crippen molar-refractivity contribution in [3.63, 3.8) is 0 Å². The molecule has 0 saturated carbocycles. The Morgan fingerprint density at radius 3 is 1.70 bits per heavy atom. The summed E-state index contributed by atoms with van der Waals surface area (Å²) in [5.41, 5.74) is 0. The van der Waals surface area contributed by atoms with Crippen LogP contribution in [-0.2, 0) is 38.7 Å². The number of hydrogen-bond acceptors (Lipinski definition) is 11. The second-order valence-electron chi connectivity index (χ2n) is 14.3. The molecule has 1 saturated heterocycles. The summed E-state index contributed by atoms with van der Waals surface area (Å²) in [6.45, 7) is 3.59. The first-order valence-electron chi connectivity index (χ1n) is 20.8. The Balaban J connectivity index is 2.52. The topological polar surface area (TPSA) is 186 Å². The summed E-state index contributed by atoms with van der Waals surface area (Å²) < 4.78 is 53.9. The van der Waals surface area contributed by atoms with E-state index in [-0.39, 0.29) is 19.4 Å². The van der Waals surface area contributed by atoms with Gasteiger partial charge in [0.2, 0.25) is 0 Å². The number of rotatable bonds is 33. The molecule has 0 aliphatic carbocycles. The van der Waals surface area contributed by atoms with Gasteiger partial charge in [-0.05, 0) is 70.6 Å². The van der Waals surface area contributed by atoms with E-state index in [0.29, 0.717) is 12.8 Å². The van der Waals surface area contributed by atoms with Crippen LogP contribution in [0.4, 0.5) is 0 Å². The summed E-state index contributed by atoms with van der Waals surface area (Å²) in [5, 5.41) is 30.8. The van der Waals surface area contributed by atoms with Crippen LogP contribution < -0.4 is 0 Å². The van der Waals surface area contributed by atoms with Crippen LogP contribution in [0.1, 0.15) is 142 Å². The van der Waals surface area contributed by atoms with E-state index in [0.717, 1.165) is 83.5 Å². The summed E-state index contributed by atoms with van der Waals surface area (Å²) in [5.74, 6) is -2.05. The molecule has 0 bridgehead atoms. The van der Waals surface area contributed by atoms with Gasteiger partial charge < -0.3 is 34.3 Å². The van der Waals surface area contributed by atoms with Crippen LogP contribution in [0.2, 0.25) is 0 Å². The molecule has 1 aliphatic rings. The molecule has 1 rings (SSSR count). The zero-order valence-corrected chi connectivity index (χ0v) is 34.8. The zero-order valence-electron chi connectivity index (χ0n) is 34.0. The van der Waals surface area contributed by atoms with Gasteiger partial charge in [-0.15, -0.1) is 0 Å². The van der Waals surface area contributed by atoms with E-state index in [4.69, 9.17) is 18.9 Å². The molecule has 56 heavy (non-hydrogen) atoms. The number of carbonyl (C=O) groups is 2. The highest BCUT2D eigenvalue weighted by molar-refractivity contribution is 7.85. The molecule has 1 aliphatic heterocycles. The van der Waals surface area contributed by atoms with Crippen LogP contribution in [0.5, 0.6) is 0 Å². The van der Waals surface area contributed by atoms with E-state index < -0.39 is 71.2 Å². The molecule has 4 N–H and O–H groups in total. The fourth-order valence-electron chi connectivity index (χ4n) is 5.76. The number of carbonyl (C=O) groups excluding carboxylic acids is 2. The second kappa shape index (κ2) is 33.3. The van der Waals surface area contributed by atoms with E-state index in [1.54, 1.807) is 0 Å². The number of hydrogen-bond donors (Lipinski definition) is 4. The molecular formula is C43H72O12S. The van der Waals surface area contributed by atoms with Crippen molar-refractivity contribution in [3.05, 3.63) is 60.8 Å². The Morgan fingerprint density at radius 2 is 1.11 bits per heavy atom. The van der Waals surface area contributed by atoms with Gasteiger partial charge in [-0.1, -0.05) is 120 Å². The van der Waals surface area contributed by atoms with Crippen molar-refractivity contribution in [2.45, 2.75) is 179 Å². The zero-order chi connectivity index (χ0) is 41.3. The lowest BCUT2D eigenvalue weighted by Crippen LogP contribution is -2.60. The van der Waals surface area contributed by atoms with Gasteiger partial charge in [0.05, 0.1) is 6.61 Å². The minimum atomic E-state index is -4.61. The minimum Gasteiger partial charge on any atom is -0.462 e. The summed E-state index contributed by atoms with van der Waals surface area (Å²) in [6, 6.07) is 0. The third-order valence-corrected chi connectivity index (χ3v) is 9.80. The number of aliphatic hydroxyl groups excluding tert-OH is 3. The molecule has 12 nitrogen and oxygen atoms in total. The average Bonchev–Trinajstić information content (AvgIpc) is 3.16. The van der Waals surface area contributed by atoms with Crippen LogP contribution in [-0.4, -0.2) is 96.0 Å². The van der Waals surface area contributed by atoms with Crippen molar-refractivity contribution >= 4 is 22.1 Å². The maximum atomic E-state index is 12.8. The van der Waals surface area contributed by atoms with Gasteiger partial charge in [-0.3, -0.25) is 14.1 Å². The molecule has 1 fully saturated rings. The molecule has 0 spiro atoms. The van der Waals surface area contributed by atoms with Gasteiger partial charge in [-0.2, -0.15) is 8.42 Å². The van der Waals surface area contributed by atoms with E-state index in [9.17, 15) is 37.9 Å². The summed E-state index contributed by atoms with van der Waals surface area (Å²) in [6.07, 6.45) is 29.9. The predicted molar refractivity (Wildman–Crippen MR) is 219 cm³/mol. The van der Waals surface area contributed by atoms with Crippen molar-refractivity contribution in [1.82, 2.24) is 0 Å². The molecule has 0 aromatic rings. The van der Waals surface area contributed by atoms with Crippen molar-refractivity contribution in [3.8, 4) is 0 Å². The first-order valence-corrected chi connectivity index (χ1v) is 22.5. The third kappa shape index (κ3) is 27.9. The molecule has 0 aromatic heterocycles. The van der Waals surface area contributed by atoms with Gasteiger partial charge in [-0.25, -0.2) is 0 Å². The first kappa shape index (κ1) is 51.4. The van der Waals surface area contributed by atoms with Crippen LogP contribution in [0, 0.1) is 0 Å². The maximum Gasteiger partial charge on any atom is 0.306 e. The van der Waals surface area contributed by atoms with Crippen LogP contribution in [0.3, 0.4) is 0 Å². The Kier molecular flexibility index (Phi) is 30.6. The molecule has 0 amide bonds. The van der Waals surface area contributed by atoms with Crippen LogP contribution in [0.25, 0.3) is 0 Å². The van der Waals surface area contributed by atoms with Crippen LogP contribution in [0.15, 0.2) is 60.8 Å². The largest absolute Gasteiger partial charge is 0.462 e. The van der Waals surface area contributed by atoms with Gasteiger partial charge in [0.15, 0.2) is 12.4 Å². The third-order valence-electron chi connectivity index (χ3n) is 9.05. The lowest BCUT2D eigenvalue weighted by Gasteiger charge is -2.40. The number of ether oxygens (including phenoxy) is 4. The monoisotopic (exact) mass is 812 g/mol. The normalized spacial score (nSPS) is 21.3. The molecular weight excluding hydrogens is 741 g/mol. The SMILES string of the molecule is CCC/C=C/C/C=C/C/C=C/C/C=C/CCCCCC(=O)O[C@H](COC(=O)CCCCCCC/C=C/CCCC)CO[C@H]1O[C@H](CS(=O)(=O)O)[C@@H](O)C(O)C1O. The fraction of sp³-hybridized carbons (Fsp3) is 0.721. The lowest BCUT2D eigenvalue weighted by atomic mass is 10.00. The van der Waals surface area contributed by atoms with Gasteiger partial charge >= 0.3 is 11.9 Å². The highest BCUT2D eigenvalue weighted by atomic mass is 32.2.